The normalized spacial score (nSPS) is 30.5. The van der Waals surface area contributed by atoms with Crippen LogP contribution in [0.5, 0.6) is 5.88 Å². The molecule has 2 saturated heterocycles. The van der Waals surface area contributed by atoms with Crippen molar-refractivity contribution in [3.63, 3.8) is 0 Å². The highest BCUT2D eigenvalue weighted by Crippen LogP contribution is 2.35. The fraction of sp³-hybridized carbons (Fsp3) is 0.667. The first-order valence-corrected chi connectivity index (χ1v) is 6.23. The van der Waals surface area contributed by atoms with Crippen molar-refractivity contribution in [2.75, 3.05) is 11.9 Å². The Bertz CT molecular complexity index is 399. The fourth-order valence-electron chi connectivity index (χ4n) is 2.60. The number of fused-ring (bicyclic) bond motifs is 2. The van der Waals surface area contributed by atoms with Crippen molar-refractivity contribution in [1.29, 1.82) is 0 Å². The van der Waals surface area contributed by atoms with E-state index in [0.29, 0.717) is 36.7 Å². The third-order valence-electron chi connectivity index (χ3n) is 3.34. The highest BCUT2D eigenvalue weighted by molar-refractivity contribution is 5.30. The quantitative estimate of drug-likeness (QED) is 0.859. The van der Waals surface area contributed by atoms with E-state index < -0.39 is 0 Å². The first kappa shape index (κ1) is 10.8. The van der Waals surface area contributed by atoms with E-state index in [1.165, 1.54) is 6.42 Å². The van der Waals surface area contributed by atoms with Crippen molar-refractivity contribution in [3.8, 4) is 5.88 Å². The Hall–Kier alpha value is -1.36. The van der Waals surface area contributed by atoms with Crippen LogP contribution in [0.15, 0.2) is 12.3 Å². The molecule has 17 heavy (non-hydrogen) atoms. The van der Waals surface area contributed by atoms with Crippen molar-refractivity contribution < 1.29 is 9.47 Å². The van der Waals surface area contributed by atoms with Crippen LogP contribution in [-0.2, 0) is 4.74 Å². The number of hydrogen-bond donors (Lipinski definition) is 1. The summed E-state index contributed by atoms with van der Waals surface area (Å²) >= 11 is 0. The summed E-state index contributed by atoms with van der Waals surface area (Å²) in [6.07, 6.45) is 5.89. The second-order valence-electron chi connectivity index (χ2n) is 4.51. The van der Waals surface area contributed by atoms with Gasteiger partial charge in [0.15, 0.2) is 0 Å². The maximum absolute atomic E-state index is 5.79. The molecule has 2 bridgehead atoms. The predicted molar refractivity (Wildman–Crippen MR) is 63.1 cm³/mol. The molecule has 3 heterocycles. The van der Waals surface area contributed by atoms with Gasteiger partial charge < -0.3 is 14.8 Å². The van der Waals surface area contributed by atoms with Crippen LogP contribution in [-0.4, -0.2) is 34.8 Å². The molecule has 0 saturated carbocycles. The minimum Gasteiger partial charge on any atom is -0.478 e. The summed E-state index contributed by atoms with van der Waals surface area (Å²) in [6, 6.07) is 2.12. The lowest BCUT2D eigenvalue weighted by atomic mass is 9.96. The maximum Gasteiger partial charge on any atom is 0.226 e. The molecule has 0 aromatic carbocycles. The van der Waals surface area contributed by atoms with Crippen LogP contribution in [0.3, 0.4) is 0 Å². The van der Waals surface area contributed by atoms with Gasteiger partial charge in [0, 0.05) is 12.3 Å². The molecule has 0 radical (unpaired) electrons. The van der Waals surface area contributed by atoms with Crippen LogP contribution in [0.4, 0.5) is 5.95 Å². The molecular weight excluding hydrogens is 218 g/mol. The van der Waals surface area contributed by atoms with Crippen molar-refractivity contribution in [2.24, 2.45) is 0 Å². The van der Waals surface area contributed by atoms with E-state index in [0.717, 1.165) is 12.8 Å². The third kappa shape index (κ3) is 2.20. The van der Waals surface area contributed by atoms with Crippen LogP contribution in [0.25, 0.3) is 0 Å². The smallest absolute Gasteiger partial charge is 0.226 e. The van der Waals surface area contributed by atoms with E-state index in [-0.39, 0.29) is 0 Å². The van der Waals surface area contributed by atoms with Gasteiger partial charge in [0.25, 0.3) is 0 Å². The van der Waals surface area contributed by atoms with Crippen molar-refractivity contribution in [3.05, 3.63) is 12.3 Å². The number of ether oxygens (including phenoxy) is 2. The van der Waals surface area contributed by atoms with Crippen molar-refractivity contribution >= 4 is 5.95 Å². The van der Waals surface area contributed by atoms with Gasteiger partial charge in [-0.25, -0.2) is 4.98 Å². The van der Waals surface area contributed by atoms with Crippen LogP contribution in [0, 0.1) is 0 Å². The summed E-state index contributed by atoms with van der Waals surface area (Å²) in [5.74, 6) is 1.26. The van der Waals surface area contributed by atoms with Gasteiger partial charge in [-0.05, 0) is 26.2 Å². The number of nitrogens with zero attached hydrogens (tertiary/aromatic N) is 2. The molecule has 1 aromatic heterocycles. The molecule has 0 spiro atoms. The topological polar surface area (TPSA) is 56.3 Å². The van der Waals surface area contributed by atoms with Crippen molar-refractivity contribution in [2.45, 2.75) is 44.4 Å². The van der Waals surface area contributed by atoms with Crippen LogP contribution in [0.2, 0.25) is 0 Å². The Morgan fingerprint density at radius 1 is 1.53 bits per heavy atom. The molecule has 92 valence electrons. The van der Waals surface area contributed by atoms with Crippen LogP contribution in [0.1, 0.15) is 26.2 Å². The van der Waals surface area contributed by atoms with Gasteiger partial charge >= 0.3 is 0 Å². The average Bonchev–Trinajstić information content (AvgIpc) is 2.92. The van der Waals surface area contributed by atoms with Gasteiger partial charge in [-0.15, -0.1) is 0 Å². The average molecular weight is 235 g/mol. The molecule has 5 heteroatoms. The Morgan fingerprint density at radius 3 is 3.18 bits per heavy atom. The fourth-order valence-corrected chi connectivity index (χ4v) is 2.60. The lowest BCUT2D eigenvalue weighted by molar-refractivity contribution is 0.102. The number of hydrogen-bond acceptors (Lipinski definition) is 5. The van der Waals surface area contributed by atoms with Crippen LogP contribution < -0.4 is 10.1 Å². The molecule has 0 amide bonds. The SMILES string of the molecule is CCOc1ccnc(NC2CC3CCC2O3)n1. The molecule has 2 aliphatic rings. The third-order valence-corrected chi connectivity index (χ3v) is 3.34. The summed E-state index contributed by atoms with van der Waals surface area (Å²) in [4.78, 5) is 8.52. The van der Waals surface area contributed by atoms with Crippen LogP contribution >= 0.6 is 0 Å². The molecule has 2 fully saturated rings. The van der Waals surface area contributed by atoms with E-state index in [9.17, 15) is 0 Å². The highest BCUT2D eigenvalue weighted by atomic mass is 16.5. The number of nitrogens with one attached hydrogen (secondary N) is 1. The molecule has 1 N–H and O–H groups in total. The monoisotopic (exact) mass is 235 g/mol. The van der Waals surface area contributed by atoms with Gasteiger partial charge in [0.05, 0.1) is 24.9 Å². The lowest BCUT2D eigenvalue weighted by Crippen LogP contribution is -2.31. The molecule has 1 aromatic rings. The Morgan fingerprint density at radius 2 is 2.47 bits per heavy atom. The number of aromatic nitrogens is 2. The zero-order chi connectivity index (χ0) is 11.7. The number of rotatable bonds is 4. The molecule has 5 nitrogen and oxygen atoms in total. The Balaban J connectivity index is 1.66. The first-order chi connectivity index (χ1) is 8.35. The summed E-state index contributed by atoms with van der Waals surface area (Å²) in [5.41, 5.74) is 0. The largest absolute Gasteiger partial charge is 0.478 e. The molecule has 0 aliphatic carbocycles. The predicted octanol–water partition coefficient (Wildman–Crippen LogP) is 1.61. The minimum atomic E-state index is 0.333. The Kier molecular flexibility index (Phi) is 2.84. The number of anilines is 1. The van der Waals surface area contributed by atoms with E-state index in [4.69, 9.17) is 9.47 Å². The van der Waals surface area contributed by atoms with E-state index in [1.807, 2.05) is 6.92 Å². The van der Waals surface area contributed by atoms with Gasteiger partial charge in [-0.1, -0.05) is 0 Å². The standard InChI is InChI=1S/C12H17N3O2/c1-2-16-11-5-6-13-12(15-11)14-9-7-8-3-4-10(9)17-8/h5-6,8-10H,2-4,7H2,1H3,(H,13,14,15). The van der Waals surface area contributed by atoms with Gasteiger partial charge in [0.2, 0.25) is 11.8 Å². The molecule has 2 aliphatic heterocycles. The zero-order valence-electron chi connectivity index (χ0n) is 9.93. The van der Waals surface area contributed by atoms with E-state index in [1.54, 1.807) is 12.3 Å². The highest BCUT2D eigenvalue weighted by Gasteiger charge is 2.40. The second-order valence-corrected chi connectivity index (χ2v) is 4.51. The first-order valence-electron chi connectivity index (χ1n) is 6.23. The van der Waals surface area contributed by atoms with Gasteiger partial charge in [0.1, 0.15) is 0 Å². The molecule has 3 rings (SSSR count). The molecular formula is C12H17N3O2. The summed E-state index contributed by atoms with van der Waals surface area (Å²) < 4.78 is 11.1. The lowest BCUT2D eigenvalue weighted by Gasteiger charge is -2.19. The van der Waals surface area contributed by atoms with E-state index >= 15 is 0 Å². The summed E-state index contributed by atoms with van der Waals surface area (Å²) in [5, 5.41) is 3.34. The minimum absolute atomic E-state index is 0.333. The second kappa shape index (κ2) is 4.49. The molecule has 3 unspecified atom stereocenters. The maximum atomic E-state index is 5.79. The van der Waals surface area contributed by atoms with E-state index in [2.05, 4.69) is 15.3 Å². The molecule has 3 atom stereocenters. The van der Waals surface area contributed by atoms with Gasteiger partial charge in [-0.2, -0.15) is 4.98 Å². The van der Waals surface area contributed by atoms with Gasteiger partial charge in [-0.3, -0.25) is 0 Å². The summed E-state index contributed by atoms with van der Waals surface area (Å²) in [6.45, 7) is 2.56. The Labute approximate surface area is 101 Å². The summed E-state index contributed by atoms with van der Waals surface area (Å²) in [7, 11) is 0. The van der Waals surface area contributed by atoms with Crippen molar-refractivity contribution in [1.82, 2.24) is 9.97 Å². The zero-order valence-corrected chi connectivity index (χ0v) is 9.93.